The van der Waals surface area contributed by atoms with Gasteiger partial charge in [-0.15, -0.1) is 12.4 Å². The van der Waals surface area contributed by atoms with Gasteiger partial charge in [0.2, 0.25) is 0 Å². The number of nitrogens with zero attached hydrogens (tertiary/aromatic N) is 3. The minimum absolute atomic E-state index is 0. The number of carbonyl (C=O) groups is 1. The molecule has 4 rings (SSSR count). The molecule has 2 aromatic carbocycles. The molecular formula is C24H30ClN3O4S. The molecule has 1 amide bonds. The maximum Gasteiger partial charge on any atom is 0.266 e. The number of aryl methyl sites for hydroxylation is 1. The van der Waals surface area contributed by atoms with E-state index >= 15 is 0 Å². The summed E-state index contributed by atoms with van der Waals surface area (Å²) in [5.41, 5.74) is 2.09. The number of benzene rings is 2. The van der Waals surface area contributed by atoms with Gasteiger partial charge in [0, 0.05) is 26.2 Å². The number of ether oxygens (including phenoxy) is 3. The smallest absolute Gasteiger partial charge is 0.266 e. The number of hydrogen-bond donors (Lipinski definition) is 0. The summed E-state index contributed by atoms with van der Waals surface area (Å²) in [7, 11) is 1.59. The number of fused-ring (bicyclic) bond motifs is 1. The quantitative estimate of drug-likeness (QED) is 0.447. The first-order valence-electron chi connectivity index (χ1n) is 10.9. The second-order valence-corrected chi connectivity index (χ2v) is 8.77. The average Bonchev–Trinajstić information content (AvgIpc) is 3.23. The van der Waals surface area contributed by atoms with Gasteiger partial charge < -0.3 is 14.2 Å². The van der Waals surface area contributed by atoms with E-state index in [4.69, 9.17) is 19.2 Å². The summed E-state index contributed by atoms with van der Waals surface area (Å²) in [6.07, 6.45) is 0.856. The molecule has 3 aromatic rings. The number of para-hydroxylation sites is 2. The number of rotatable bonds is 9. The van der Waals surface area contributed by atoms with Gasteiger partial charge in [0.05, 0.1) is 30.5 Å². The van der Waals surface area contributed by atoms with Gasteiger partial charge in [-0.1, -0.05) is 29.5 Å². The Kier molecular flexibility index (Phi) is 9.31. The van der Waals surface area contributed by atoms with Crippen LogP contribution < -0.4 is 14.4 Å². The Balaban J connectivity index is 0.00000306. The van der Waals surface area contributed by atoms with E-state index in [0.717, 1.165) is 49.5 Å². The SMILES string of the molecule is COc1ccccc1OCC(=O)N(CCCN1CCOCC1)c1nc2ccc(C)cc2s1.Cl. The first-order valence-corrected chi connectivity index (χ1v) is 11.7. The first-order chi connectivity index (χ1) is 15.6. The lowest BCUT2D eigenvalue weighted by molar-refractivity contribution is -0.120. The molecule has 0 atom stereocenters. The van der Waals surface area contributed by atoms with Crippen molar-refractivity contribution in [3.63, 3.8) is 0 Å². The van der Waals surface area contributed by atoms with Gasteiger partial charge >= 0.3 is 0 Å². The fraction of sp³-hybridized carbons (Fsp3) is 0.417. The highest BCUT2D eigenvalue weighted by Gasteiger charge is 2.21. The monoisotopic (exact) mass is 491 g/mol. The highest BCUT2D eigenvalue weighted by molar-refractivity contribution is 7.22. The van der Waals surface area contributed by atoms with E-state index in [1.807, 2.05) is 30.3 Å². The average molecular weight is 492 g/mol. The predicted molar refractivity (Wildman–Crippen MR) is 134 cm³/mol. The number of amides is 1. The lowest BCUT2D eigenvalue weighted by Crippen LogP contribution is -2.40. The Morgan fingerprint density at radius 2 is 1.94 bits per heavy atom. The van der Waals surface area contributed by atoms with Gasteiger partial charge in [-0.3, -0.25) is 14.6 Å². The standard InChI is InChI=1S/C24H29N3O4S.ClH/c1-18-8-9-19-22(16-18)32-24(25-19)27(11-5-10-26-12-14-30-15-13-26)23(28)17-31-21-7-4-3-6-20(21)29-2;/h3-4,6-9,16H,5,10-15,17H2,1-2H3;1H. The Morgan fingerprint density at radius 3 is 2.70 bits per heavy atom. The molecule has 33 heavy (non-hydrogen) atoms. The molecule has 178 valence electrons. The number of hydrogen-bond acceptors (Lipinski definition) is 7. The van der Waals surface area contributed by atoms with Crippen LogP contribution in [0.5, 0.6) is 11.5 Å². The van der Waals surface area contributed by atoms with E-state index in [1.54, 1.807) is 29.4 Å². The summed E-state index contributed by atoms with van der Waals surface area (Å²) in [5, 5.41) is 0.709. The van der Waals surface area contributed by atoms with Crippen LogP contribution >= 0.6 is 23.7 Å². The second kappa shape index (κ2) is 12.2. The molecule has 9 heteroatoms. The number of carbonyl (C=O) groups excluding carboxylic acids is 1. The van der Waals surface area contributed by atoms with Gasteiger partial charge in [-0.05, 0) is 43.2 Å². The molecule has 0 radical (unpaired) electrons. The molecule has 1 aliphatic rings. The number of halogens is 1. The maximum absolute atomic E-state index is 13.2. The van der Waals surface area contributed by atoms with Crippen molar-refractivity contribution in [3.8, 4) is 11.5 Å². The van der Waals surface area contributed by atoms with E-state index in [2.05, 4.69) is 17.9 Å². The van der Waals surface area contributed by atoms with Crippen LogP contribution in [0.4, 0.5) is 5.13 Å². The highest BCUT2D eigenvalue weighted by Crippen LogP contribution is 2.30. The van der Waals surface area contributed by atoms with Crippen LogP contribution in [0.3, 0.4) is 0 Å². The summed E-state index contributed by atoms with van der Waals surface area (Å²) >= 11 is 1.54. The molecule has 1 aliphatic heterocycles. The van der Waals surface area contributed by atoms with Crippen molar-refractivity contribution in [2.45, 2.75) is 13.3 Å². The molecule has 1 fully saturated rings. The third-order valence-electron chi connectivity index (χ3n) is 5.44. The molecule has 0 aliphatic carbocycles. The largest absolute Gasteiger partial charge is 0.493 e. The number of thiazole rings is 1. The predicted octanol–water partition coefficient (Wildman–Crippen LogP) is 4.17. The third-order valence-corrected chi connectivity index (χ3v) is 6.49. The van der Waals surface area contributed by atoms with Crippen LogP contribution in [0.15, 0.2) is 42.5 Å². The van der Waals surface area contributed by atoms with E-state index < -0.39 is 0 Å². The van der Waals surface area contributed by atoms with Gasteiger partial charge in [0.25, 0.3) is 5.91 Å². The fourth-order valence-corrected chi connectivity index (χ4v) is 4.80. The van der Waals surface area contributed by atoms with Crippen molar-refractivity contribution in [2.75, 3.05) is 58.0 Å². The lowest BCUT2D eigenvalue weighted by Gasteiger charge is -2.27. The van der Waals surface area contributed by atoms with Gasteiger partial charge in [-0.2, -0.15) is 0 Å². The molecule has 1 saturated heterocycles. The van der Waals surface area contributed by atoms with Crippen molar-refractivity contribution >= 4 is 45.0 Å². The Hall–Kier alpha value is -2.39. The molecule has 0 saturated carbocycles. The van der Waals surface area contributed by atoms with Crippen LogP contribution in [-0.2, 0) is 9.53 Å². The van der Waals surface area contributed by atoms with E-state index in [1.165, 1.54) is 5.56 Å². The molecule has 7 nitrogen and oxygen atoms in total. The summed E-state index contributed by atoms with van der Waals surface area (Å²) in [6.45, 7) is 6.91. The van der Waals surface area contributed by atoms with E-state index in [9.17, 15) is 4.79 Å². The summed E-state index contributed by atoms with van der Waals surface area (Å²) in [4.78, 5) is 22.1. The third kappa shape index (κ3) is 6.57. The second-order valence-electron chi connectivity index (χ2n) is 7.76. The summed E-state index contributed by atoms with van der Waals surface area (Å²) in [6, 6.07) is 13.5. The van der Waals surface area contributed by atoms with Crippen LogP contribution in [-0.4, -0.2) is 68.9 Å². The van der Waals surface area contributed by atoms with Gasteiger partial charge in [0.1, 0.15) is 0 Å². The zero-order chi connectivity index (χ0) is 22.3. The lowest BCUT2D eigenvalue weighted by atomic mass is 10.2. The van der Waals surface area contributed by atoms with Crippen LogP contribution in [0.25, 0.3) is 10.2 Å². The van der Waals surface area contributed by atoms with Crippen molar-refractivity contribution < 1.29 is 19.0 Å². The van der Waals surface area contributed by atoms with E-state index in [0.29, 0.717) is 23.2 Å². The Morgan fingerprint density at radius 1 is 1.18 bits per heavy atom. The van der Waals surface area contributed by atoms with Crippen molar-refractivity contribution in [2.24, 2.45) is 0 Å². The van der Waals surface area contributed by atoms with Crippen molar-refractivity contribution in [3.05, 3.63) is 48.0 Å². The molecule has 2 heterocycles. The summed E-state index contributed by atoms with van der Waals surface area (Å²) < 4.78 is 17.7. The number of methoxy groups -OCH3 is 1. The van der Waals surface area contributed by atoms with Crippen LogP contribution in [0.1, 0.15) is 12.0 Å². The molecule has 0 unspecified atom stereocenters. The minimum atomic E-state index is -0.117. The molecule has 0 bridgehead atoms. The van der Waals surface area contributed by atoms with E-state index in [-0.39, 0.29) is 24.9 Å². The number of aromatic nitrogens is 1. The molecular weight excluding hydrogens is 462 g/mol. The fourth-order valence-electron chi connectivity index (χ4n) is 3.69. The minimum Gasteiger partial charge on any atom is -0.493 e. The molecule has 0 N–H and O–H groups in total. The van der Waals surface area contributed by atoms with Gasteiger partial charge in [0.15, 0.2) is 23.2 Å². The highest BCUT2D eigenvalue weighted by atomic mass is 35.5. The molecule has 1 aromatic heterocycles. The number of morpholine rings is 1. The first kappa shape index (κ1) is 25.2. The van der Waals surface area contributed by atoms with Crippen molar-refractivity contribution in [1.82, 2.24) is 9.88 Å². The zero-order valence-corrected chi connectivity index (χ0v) is 20.6. The summed E-state index contributed by atoms with van der Waals surface area (Å²) in [5.74, 6) is 1.04. The zero-order valence-electron chi connectivity index (χ0n) is 19.0. The van der Waals surface area contributed by atoms with Crippen molar-refractivity contribution in [1.29, 1.82) is 0 Å². The molecule has 0 spiro atoms. The Bertz CT molecular complexity index is 1060. The topological polar surface area (TPSA) is 64.1 Å². The normalized spacial score (nSPS) is 14.0. The number of anilines is 1. The van der Waals surface area contributed by atoms with Crippen LogP contribution in [0.2, 0.25) is 0 Å². The van der Waals surface area contributed by atoms with Crippen LogP contribution in [0, 0.1) is 6.92 Å². The van der Waals surface area contributed by atoms with Gasteiger partial charge in [-0.25, -0.2) is 4.98 Å². The maximum atomic E-state index is 13.2. The Labute approximate surface area is 204 Å².